The van der Waals surface area contributed by atoms with Crippen LogP contribution in [0.3, 0.4) is 0 Å². The van der Waals surface area contributed by atoms with E-state index in [1.807, 2.05) is 6.92 Å². The molecule has 0 spiro atoms. The topological polar surface area (TPSA) is 26.0 Å². The van der Waals surface area contributed by atoms with Crippen LogP contribution in [0.2, 0.25) is 0 Å². The van der Waals surface area contributed by atoms with E-state index in [0.29, 0.717) is 10.0 Å². The molecule has 0 heterocycles. The van der Waals surface area contributed by atoms with Gasteiger partial charge in [0.15, 0.2) is 0 Å². The summed E-state index contributed by atoms with van der Waals surface area (Å²) in [5.74, 6) is -1.07. The van der Waals surface area contributed by atoms with Gasteiger partial charge in [0.25, 0.3) is 0 Å². The Kier molecular flexibility index (Phi) is 2.59. The van der Waals surface area contributed by atoms with Crippen molar-refractivity contribution in [3.8, 4) is 0 Å². The third-order valence-electron chi connectivity index (χ3n) is 3.21. The van der Waals surface area contributed by atoms with E-state index < -0.39 is 11.6 Å². The van der Waals surface area contributed by atoms with Crippen LogP contribution in [0.1, 0.15) is 25.3 Å². The van der Waals surface area contributed by atoms with Crippen LogP contribution in [0, 0.1) is 11.6 Å². The number of hydrogen-bond donors (Lipinski definition) is 1. The van der Waals surface area contributed by atoms with Gasteiger partial charge in [-0.1, -0.05) is 0 Å². The Balaban J connectivity index is 2.49. The van der Waals surface area contributed by atoms with Gasteiger partial charge >= 0.3 is 0 Å². The van der Waals surface area contributed by atoms with Crippen LogP contribution >= 0.6 is 15.9 Å². The Bertz CT molecular complexity index is 400. The molecule has 82 valence electrons. The van der Waals surface area contributed by atoms with Crippen molar-refractivity contribution in [2.24, 2.45) is 5.73 Å². The van der Waals surface area contributed by atoms with Crippen LogP contribution in [-0.2, 0) is 5.41 Å². The largest absolute Gasteiger partial charge is 0.327 e. The Morgan fingerprint density at radius 2 is 1.93 bits per heavy atom. The lowest BCUT2D eigenvalue weighted by Gasteiger charge is -2.21. The molecule has 1 atom stereocenters. The fraction of sp³-hybridized carbons (Fsp3) is 0.455. The van der Waals surface area contributed by atoms with E-state index in [0.717, 1.165) is 18.9 Å². The highest BCUT2D eigenvalue weighted by Gasteiger charge is 2.49. The summed E-state index contributed by atoms with van der Waals surface area (Å²) in [7, 11) is 0. The molecule has 1 fully saturated rings. The van der Waals surface area contributed by atoms with Gasteiger partial charge in [-0.2, -0.15) is 0 Å². The molecule has 1 aromatic rings. The van der Waals surface area contributed by atoms with Gasteiger partial charge < -0.3 is 5.73 Å². The summed E-state index contributed by atoms with van der Waals surface area (Å²) in [6, 6.07) is 2.33. The third-order valence-corrected chi connectivity index (χ3v) is 3.81. The van der Waals surface area contributed by atoms with Gasteiger partial charge in [0, 0.05) is 17.5 Å². The highest BCUT2D eigenvalue weighted by atomic mass is 79.9. The summed E-state index contributed by atoms with van der Waals surface area (Å²) < 4.78 is 27.0. The second-order valence-corrected chi connectivity index (χ2v) is 5.05. The predicted molar refractivity (Wildman–Crippen MR) is 58.6 cm³/mol. The van der Waals surface area contributed by atoms with Gasteiger partial charge in [0.2, 0.25) is 0 Å². The van der Waals surface area contributed by atoms with Gasteiger partial charge in [0.05, 0.1) is 4.47 Å². The summed E-state index contributed by atoms with van der Waals surface area (Å²) in [6.45, 7) is 1.86. The molecule has 0 bridgehead atoms. The van der Waals surface area contributed by atoms with Crippen molar-refractivity contribution < 1.29 is 8.78 Å². The van der Waals surface area contributed by atoms with Crippen molar-refractivity contribution in [1.29, 1.82) is 0 Å². The van der Waals surface area contributed by atoms with Crippen molar-refractivity contribution in [3.63, 3.8) is 0 Å². The lowest BCUT2D eigenvalue weighted by molar-refractivity contribution is 0.502. The van der Waals surface area contributed by atoms with Crippen molar-refractivity contribution >= 4 is 15.9 Å². The lowest BCUT2D eigenvalue weighted by atomic mass is 9.89. The molecule has 1 saturated carbocycles. The molecule has 0 saturated heterocycles. The number of hydrogen-bond acceptors (Lipinski definition) is 1. The molecule has 4 heteroatoms. The SMILES string of the molecule is CC(N)C1(c2cc(Br)c(F)cc2F)CC1. The summed E-state index contributed by atoms with van der Waals surface area (Å²) >= 11 is 3.07. The Hall–Kier alpha value is -0.480. The summed E-state index contributed by atoms with van der Waals surface area (Å²) in [5, 5.41) is 0. The maximum Gasteiger partial charge on any atom is 0.140 e. The highest BCUT2D eigenvalue weighted by Crippen LogP contribution is 2.51. The first-order chi connectivity index (χ1) is 6.97. The molecule has 1 unspecified atom stereocenters. The molecule has 0 amide bonds. The van der Waals surface area contributed by atoms with Crippen molar-refractivity contribution in [2.75, 3.05) is 0 Å². The second kappa shape index (κ2) is 3.52. The van der Waals surface area contributed by atoms with E-state index in [9.17, 15) is 8.78 Å². The van der Waals surface area contributed by atoms with Gasteiger partial charge in [-0.3, -0.25) is 0 Å². The first-order valence-electron chi connectivity index (χ1n) is 4.88. The minimum absolute atomic E-state index is 0.107. The van der Waals surface area contributed by atoms with E-state index in [2.05, 4.69) is 15.9 Å². The average Bonchev–Trinajstić information content (AvgIpc) is 2.92. The Labute approximate surface area is 95.8 Å². The van der Waals surface area contributed by atoms with Gasteiger partial charge in [-0.25, -0.2) is 8.78 Å². The predicted octanol–water partition coefficient (Wildman–Crippen LogP) is 3.11. The summed E-state index contributed by atoms with van der Waals surface area (Å²) in [6.07, 6.45) is 1.75. The van der Waals surface area contributed by atoms with Crippen molar-refractivity contribution in [1.82, 2.24) is 0 Å². The molecule has 1 aromatic carbocycles. The first kappa shape index (κ1) is 11.0. The highest BCUT2D eigenvalue weighted by molar-refractivity contribution is 9.10. The number of nitrogens with two attached hydrogens (primary N) is 1. The van der Waals surface area contributed by atoms with Gasteiger partial charge in [0.1, 0.15) is 11.6 Å². The van der Waals surface area contributed by atoms with E-state index in [1.54, 1.807) is 0 Å². The minimum Gasteiger partial charge on any atom is -0.327 e. The fourth-order valence-corrected chi connectivity index (χ4v) is 2.35. The number of rotatable bonds is 2. The van der Waals surface area contributed by atoms with Crippen LogP contribution in [0.4, 0.5) is 8.78 Å². The van der Waals surface area contributed by atoms with Crippen LogP contribution < -0.4 is 5.73 Å². The number of benzene rings is 1. The number of halogens is 3. The summed E-state index contributed by atoms with van der Waals surface area (Å²) in [5.41, 5.74) is 6.10. The summed E-state index contributed by atoms with van der Waals surface area (Å²) in [4.78, 5) is 0. The first-order valence-corrected chi connectivity index (χ1v) is 5.67. The monoisotopic (exact) mass is 275 g/mol. The molecular formula is C11H12BrF2N. The lowest BCUT2D eigenvalue weighted by Crippen LogP contribution is -2.32. The zero-order valence-corrected chi connectivity index (χ0v) is 9.94. The third kappa shape index (κ3) is 1.70. The smallest absolute Gasteiger partial charge is 0.140 e. The molecule has 1 nitrogen and oxygen atoms in total. The molecule has 2 N–H and O–H groups in total. The molecular weight excluding hydrogens is 264 g/mol. The zero-order valence-electron chi connectivity index (χ0n) is 8.36. The molecule has 2 rings (SSSR count). The zero-order chi connectivity index (χ0) is 11.2. The molecule has 0 aromatic heterocycles. The Morgan fingerprint density at radius 3 is 2.40 bits per heavy atom. The quantitative estimate of drug-likeness (QED) is 0.825. The van der Waals surface area contributed by atoms with E-state index in [4.69, 9.17) is 5.73 Å². The van der Waals surface area contributed by atoms with Crippen LogP contribution in [-0.4, -0.2) is 6.04 Å². The van der Waals surface area contributed by atoms with Gasteiger partial charge in [-0.15, -0.1) is 0 Å². The van der Waals surface area contributed by atoms with Crippen LogP contribution in [0.15, 0.2) is 16.6 Å². The maximum absolute atomic E-state index is 13.6. The van der Waals surface area contributed by atoms with Crippen molar-refractivity contribution in [3.05, 3.63) is 33.8 Å². The fourth-order valence-electron chi connectivity index (χ4n) is 2.01. The van der Waals surface area contributed by atoms with E-state index in [1.165, 1.54) is 6.07 Å². The maximum atomic E-state index is 13.6. The molecule has 1 aliphatic carbocycles. The normalized spacial score (nSPS) is 20.1. The average molecular weight is 276 g/mol. The van der Waals surface area contributed by atoms with Gasteiger partial charge in [-0.05, 0) is 47.3 Å². The molecule has 0 aliphatic heterocycles. The van der Waals surface area contributed by atoms with Crippen molar-refractivity contribution in [2.45, 2.75) is 31.2 Å². The van der Waals surface area contributed by atoms with E-state index in [-0.39, 0.29) is 11.5 Å². The van der Waals surface area contributed by atoms with Crippen LogP contribution in [0.5, 0.6) is 0 Å². The van der Waals surface area contributed by atoms with E-state index >= 15 is 0 Å². The Morgan fingerprint density at radius 1 is 1.33 bits per heavy atom. The molecule has 15 heavy (non-hydrogen) atoms. The standard InChI is InChI=1S/C11H12BrF2N/c1-6(15)11(2-3-11)7-4-8(12)10(14)5-9(7)13/h4-6H,2-3,15H2,1H3. The second-order valence-electron chi connectivity index (χ2n) is 4.19. The van der Waals surface area contributed by atoms with Crippen LogP contribution in [0.25, 0.3) is 0 Å². The molecule has 1 aliphatic rings. The minimum atomic E-state index is -0.572. The molecule has 0 radical (unpaired) electrons.